The molecular weight excluding hydrogens is 394 g/mol. The maximum atomic E-state index is 13.2. The van der Waals surface area contributed by atoms with Gasteiger partial charge in [0.2, 0.25) is 5.95 Å². The number of hydrogen-bond acceptors (Lipinski definition) is 5. The molecule has 2 aromatic heterocycles. The molecule has 4 aromatic rings. The smallest absolute Gasteiger partial charge is 0.298 e. The lowest BCUT2D eigenvalue weighted by Gasteiger charge is -2.08. The topological polar surface area (TPSA) is 97.1 Å². The Morgan fingerprint density at radius 1 is 1.07 bits per heavy atom. The highest BCUT2D eigenvalue weighted by Crippen LogP contribution is 2.18. The number of aromatic nitrogens is 4. The fourth-order valence-corrected chi connectivity index (χ4v) is 2.96. The second-order valence-corrected chi connectivity index (χ2v) is 6.56. The zero-order valence-electron chi connectivity index (χ0n) is 15.8. The number of nitrogens with one attached hydrogen (secondary N) is 2. The zero-order valence-corrected chi connectivity index (χ0v) is 15.8. The van der Waals surface area contributed by atoms with E-state index in [9.17, 15) is 18.4 Å². The van der Waals surface area contributed by atoms with Crippen molar-refractivity contribution < 1.29 is 8.78 Å². The van der Waals surface area contributed by atoms with Gasteiger partial charge in [-0.2, -0.15) is 10.1 Å². The van der Waals surface area contributed by atoms with Crippen molar-refractivity contribution in [3.8, 4) is 0 Å². The molecule has 0 aliphatic rings. The van der Waals surface area contributed by atoms with Gasteiger partial charge in [-0.3, -0.25) is 18.9 Å². The van der Waals surface area contributed by atoms with Crippen LogP contribution >= 0.6 is 0 Å². The molecule has 0 fully saturated rings. The van der Waals surface area contributed by atoms with E-state index in [0.29, 0.717) is 5.56 Å². The van der Waals surface area contributed by atoms with Crippen LogP contribution in [0.2, 0.25) is 0 Å². The van der Waals surface area contributed by atoms with Gasteiger partial charge in [-0.1, -0.05) is 24.3 Å². The molecule has 2 aromatic carbocycles. The number of benzene rings is 2. The molecule has 2 heterocycles. The molecule has 0 saturated carbocycles. The summed E-state index contributed by atoms with van der Waals surface area (Å²) in [6.45, 7) is 0.187. The van der Waals surface area contributed by atoms with Crippen LogP contribution in [-0.4, -0.2) is 25.3 Å². The Labute approximate surface area is 168 Å². The molecule has 0 atom stereocenters. The van der Waals surface area contributed by atoms with Gasteiger partial charge < -0.3 is 0 Å². The van der Waals surface area contributed by atoms with Crippen molar-refractivity contribution in [2.75, 3.05) is 5.43 Å². The van der Waals surface area contributed by atoms with Gasteiger partial charge in [-0.05, 0) is 35.4 Å². The van der Waals surface area contributed by atoms with Crippen LogP contribution in [0.15, 0.2) is 63.2 Å². The number of nitrogens with zero attached hydrogens (tertiary/aromatic N) is 4. The summed E-state index contributed by atoms with van der Waals surface area (Å²) in [6, 6.07) is 11.5. The van der Waals surface area contributed by atoms with Crippen molar-refractivity contribution in [2.24, 2.45) is 12.1 Å². The molecule has 0 radical (unpaired) electrons. The Morgan fingerprint density at radius 2 is 1.70 bits per heavy atom. The Bertz CT molecular complexity index is 1350. The summed E-state index contributed by atoms with van der Waals surface area (Å²) in [6.07, 6.45) is 1.46. The van der Waals surface area contributed by atoms with E-state index < -0.39 is 11.2 Å². The third kappa shape index (κ3) is 3.75. The predicted octanol–water partition coefficient (Wildman–Crippen LogP) is 2.20. The van der Waals surface area contributed by atoms with Crippen LogP contribution in [0.1, 0.15) is 11.1 Å². The molecule has 10 heteroatoms. The summed E-state index contributed by atoms with van der Waals surface area (Å²) in [4.78, 5) is 31.0. The summed E-state index contributed by atoms with van der Waals surface area (Å²) < 4.78 is 29.0. The lowest BCUT2D eigenvalue weighted by Crippen LogP contribution is -2.29. The number of aryl methyl sites for hydroxylation is 1. The molecular formula is C20H16F2N6O2. The van der Waals surface area contributed by atoms with E-state index in [4.69, 9.17) is 0 Å². The zero-order chi connectivity index (χ0) is 21.3. The van der Waals surface area contributed by atoms with Gasteiger partial charge in [0, 0.05) is 7.05 Å². The monoisotopic (exact) mass is 410 g/mol. The van der Waals surface area contributed by atoms with Gasteiger partial charge in [-0.25, -0.2) is 19.0 Å². The number of imidazole rings is 1. The first kappa shape index (κ1) is 19.2. The minimum atomic E-state index is -0.599. The maximum absolute atomic E-state index is 13.2. The third-order valence-electron chi connectivity index (χ3n) is 4.51. The van der Waals surface area contributed by atoms with E-state index >= 15 is 0 Å². The molecule has 0 spiro atoms. The van der Waals surface area contributed by atoms with Crippen molar-refractivity contribution >= 4 is 23.3 Å². The SMILES string of the molecule is Cn1c(=O)[nH]c(=O)c2c1nc(N/N=C\c1ccc(F)cc1)n2Cc1ccc(F)cc1. The summed E-state index contributed by atoms with van der Waals surface area (Å²) in [7, 11) is 1.49. The molecule has 2 N–H and O–H groups in total. The number of H-pyrrole nitrogens is 1. The van der Waals surface area contributed by atoms with Crippen LogP contribution in [0.4, 0.5) is 14.7 Å². The summed E-state index contributed by atoms with van der Waals surface area (Å²) in [5.74, 6) is -0.530. The van der Waals surface area contributed by atoms with Crippen LogP contribution in [-0.2, 0) is 13.6 Å². The van der Waals surface area contributed by atoms with Crippen molar-refractivity contribution in [1.29, 1.82) is 0 Å². The number of halogens is 2. The first-order chi connectivity index (χ1) is 14.4. The second-order valence-electron chi connectivity index (χ2n) is 6.56. The number of aromatic amines is 1. The standard InChI is InChI=1S/C20H16F2N6O2/c1-27-17-16(18(29)25-20(27)30)28(11-13-4-8-15(22)9-5-13)19(24-17)26-23-10-12-2-6-14(21)7-3-12/h2-10H,11H2,1H3,(H,24,26)(H,25,29,30)/b23-10-. The van der Waals surface area contributed by atoms with Gasteiger partial charge in [0.15, 0.2) is 11.2 Å². The Balaban J connectivity index is 1.77. The van der Waals surface area contributed by atoms with Crippen molar-refractivity contribution in [1.82, 2.24) is 19.1 Å². The lowest BCUT2D eigenvalue weighted by atomic mass is 10.2. The Kier molecular flexibility index (Phi) is 4.97. The predicted molar refractivity (Wildman–Crippen MR) is 109 cm³/mol. The Morgan fingerprint density at radius 3 is 2.37 bits per heavy atom. The van der Waals surface area contributed by atoms with Crippen molar-refractivity contribution in [2.45, 2.75) is 6.54 Å². The van der Waals surface area contributed by atoms with Crippen molar-refractivity contribution in [3.63, 3.8) is 0 Å². The summed E-state index contributed by atoms with van der Waals surface area (Å²) in [5, 5.41) is 4.09. The fourth-order valence-electron chi connectivity index (χ4n) is 2.96. The molecule has 0 aliphatic heterocycles. The highest BCUT2D eigenvalue weighted by molar-refractivity contribution is 5.80. The van der Waals surface area contributed by atoms with Gasteiger partial charge in [-0.15, -0.1) is 0 Å². The number of anilines is 1. The lowest BCUT2D eigenvalue weighted by molar-refractivity contribution is 0.626. The molecule has 152 valence electrons. The van der Waals surface area contributed by atoms with Crippen LogP contribution < -0.4 is 16.7 Å². The highest BCUT2D eigenvalue weighted by Gasteiger charge is 2.17. The molecule has 4 rings (SSSR count). The molecule has 0 bridgehead atoms. The molecule has 30 heavy (non-hydrogen) atoms. The average molecular weight is 410 g/mol. The van der Waals surface area contributed by atoms with E-state index in [1.54, 1.807) is 28.8 Å². The van der Waals surface area contributed by atoms with Crippen LogP contribution in [0.5, 0.6) is 0 Å². The third-order valence-corrected chi connectivity index (χ3v) is 4.51. The van der Waals surface area contributed by atoms with Crippen LogP contribution in [0.25, 0.3) is 11.2 Å². The van der Waals surface area contributed by atoms with Crippen LogP contribution in [0, 0.1) is 11.6 Å². The maximum Gasteiger partial charge on any atom is 0.329 e. The molecule has 0 unspecified atom stereocenters. The molecule has 0 aliphatic carbocycles. The van der Waals surface area contributed by atoms with E-state index in [1.807, 2.05) is 0 Å². The van der Waals surface area contributed by atoms with Gasteiger partial charge in [0.1, 0.15) is 11.6 Å². The first-order valence-corrected chi connectivity index (χ1v) is 8.91. The van der Waals surface area contributed by atoms with Gasteiger partial charge in [0.25, 0.3) is 5.56 Å². The van der Waals surface area contributed by atoms with E-state index in [1.165, 1.54) is 42.1 Å². The van der Waals surface area contributed by atoms with E-state index in [2.05, 4.69) is 20.5 Å². The summed E-state index contributed by atoms with van der Waals surface area (Å²) in [5.41, 5.74) is 3.27. The number of rotatable bonds is 5. The van der Waals surface area contributed by atoms with Crippen molar-refractivity contribution in [3.05, 3.63) is 92.1 Å². The number of hydrogen-bond donors (Lipinski definition) is 2. The van der Waals surface area contributed by atoms with Gasteiger partial charge in [0.05, 0.1) is 12.8 Å². The normalized spacial score (nSPS) is 11.4. The second kappa shape index (κ2) is 7.74. The summed E-state index contributed by atoms with van der Waals surface area (Å²) >= 11 is 0. The Hall–Kier alpha value is -4.08. The molecule has 8 nitrogen and oxygen atoms in total. The quantitative estimate of drug-likeness (QED) is 0.389. The highest BCUT2D eigenvalue weighted by atomic mass is 19.1. The van der Waals surface area contributed by atoms with Gasteiger partial charge >= 0.3 is 5.69 Å². The van der Waals surface area contributed by atoms with E-state index in [0.717, 1.165) is 5.56 Å². The molecule has 0 saturated heterocycles. The first-order valence-electron chi connectivity index (χ1n) is 8.91. The van der Waals surface area contributed by atoms with E-state index in [-0.39, 0.29) is 35.3 Å². The largest absolute Gasteiger partial charge is 0.329 e. The average Bonchev–Trinajstić information content (AvgIpc) is 3.08. The fraction of sp³-hybridized carbons (Fsp3) is 0.100. The minimum Gasteiger partial charge on any atom is -0.298 e. The molecule has 0 amide bonds. The number of hydrazone groups is 1. The number of fused-ring (bicyclic) bond motifs is 1. The minimum absolute atomic E-state index is 0.168. The van der Waals surface area contributed by atoms with Crippen LogP contribution in [0.3, 0.4) is 0 Å².